The fourth-order valence-corrected chi connectivity index (χ4v) is 14.5. The van der Waals surface area contributed by atoms with Crippen LogP contribution in [0.25, 0.3) is 0 Å². The minimum absolute atomic E-state index is 0.0648. The summed E-state index contributed by atoms with van der Waals surface area (Å²) in [4.78, 5) is 9.49. The van der Waals surface area contributed by atoms with E-state index in [4.69, 9.17) is 0 Å². The van der Waals surface area contributed by atoms with Gasteiger partial charge in [0.2, 0.25) is 0 Å². The van der Waals surface area contributed by atoms with Crippen molar-refractivity contribution >= 4 is 25.7 Å². The van der Waals surface area contributed by atoms with Crippen LogP contribution in [0.1, 0.15) is 67.7 Å². The molecule has 0 rings (SSSR count). The summed E-state index contributed by atoms with van der Waals surface area (Å²) >= 11 is -1.12. The van der Waals surface area contributed by atoms with E-state index in [1.54, 1.807) is 0 Å². The number of carboxylic acids is 1. The molecule has 0 spiro atoms. The predicted octanol–water partition coefficient (Wildman–Crippen LogP) is 4.19. The van der Waals surface area contributed by atoms with Gasteiger partial charge in [0.15, 0.2) is 0 Å². The van der Waals surface area contributed by atoms with Crippen molar-refractivity contribution in [3.63, 3.8) is 0 Å². The standard InChI is InChI=1S/C4H6O2.3C4H9.Sn/c1-3(2)4(5)6;3*1-3-4-2;/h1H2,2H3,(H,5,6);3*3H,4H2,1-2H3;/q;;;;+1/p-1. The molecule has 0 aromatic heterocycles. The van der Waals surface area contributed by atoms with E-state index in [9.17, 15) is 9.90 Å². The summed E-state index contributed by atoms with van der Waals surface area (Å²) in [7, 11) is 0. The fourth-order valence-electron chi connectivity index (χ4n) is 2.16. The molecule has 0 N–H and O–H groups in total. The summed E-state index contributed by atoms with van der Waals surface area (Å²) in [6, 6.07) is 0. The molecular weight excluding hydrogens is 343 g/mol. The van der Waals surface area contributed by atoms with Crippen LogP contribution in [-0.2, 0) is 4.79 Å². The Balaban J connectivity index is 0. The summed E-state index contributed by atoms with van der Waals surface area (Å²) in [5.41, 5.74) is 0.0648. The fraction of sp³-hybridized carbons (Fsp3) is 0.812. The number of rotatable bonds is 7. The van der Waals surface area contributed by atoms with Crippen LogP contribution in [0.2, 0.25) is 11.8 Å². The molecule has 112 valence electrons. The predicted molar refractivity (Wildman–Crippen MR) is 84.7 cm³/mol. The molecule has 0 saturated heterocycles. The van der Waals surface area contributed by atoms with Gasteiger partial charge in [0.05, 0.1) is 5.97 Å². The van der Waals surface area contributed by atoms with Crippen molar-refractivity contribution in [2.24, 2.45) is 0 Å². The molecule has 3 heteroatoms. The Labute approximate surface area is 127 Å². The van der Waals surface area contributed by atoms with Crippen molar-refractivity contribution in [1.82, 2.24) is 0 Å². The van der Waals surface area contributed by atoms with Gasteiger partial charge in [0.25, 0.3) is 0 Å². The number of carbonyl (C=O) groups is 1. The molecule has 0 aromatic carbocycles. The second-order valence-corrected chi connectivity index (χ2v) is 16.8. The average Bonchev–Trinajstić information content (AvgIpc) is 2.38. The summed E-state index contributed by atoms with van der Waals surface area (Å²) in [5, 5.41) is 9.49. The minimum atomic E-state index is -1.19. The third-order valence-corrected chi connectivity index (χ3v) is 17.1. The van der Waals surface area contributed by atoms with Crippen LogP contribution in [0.3, 0.4) is 0 Å². The van der Waals surface area contributed by atoms with E-state index in [0.29, 0.717) is 0 Å². The van der Waals surface area contributed by atoms with Gasteiger partial charge in [-0.2, -0.15) is 0 Å². The van der Waals surface area contributed by atoms with E-state index in [1.807, 2.05) is 0 Å². The Morgan fingerprint density at radius 1 is 1.00 bits per heavy atom. The SMILES string of the molecule is C=C(C)C(=O)[O-].CC[CH](C)[Sn+]([CH](C)CC)[CH](C)CC. The Kier molecular flexibility index (Phi) is 13.2. The molecule has 0 aliphatic carbocycles. The van der Waals surface area contributed by atoms with Gasteiger partial charge < -0.3 is 9.90 Å². The molecule has 2 nitrogen and oxygen atoms in total. The van der Waals surface area contributed by atoms with Crippen LogP contribution in [0.4, 0.5) is 0 Å². The molecule has 0 saturated carbocycles. The van der Waals surface area contributed by atoms with E-state index in [1.165, 1.54) is 26.2 Å². The number of carbonyl (C=O) groups excluding carboxylic acids is 1. The maximum absolute atomic E-state index is 9.49. The molecule has 3 unspecified atom stereocenters. The summed E-state index contributed by atoms with van der Waals surface area (Å²) in [5.74, 6) is -1.19. The molecular formula is C16H32O2Sn. The van der Waals surface area contributed by atoms with Gasteiger partial charge in [-0.1, -0.05) is 6.58 Å². The molecule has 0 bridgehead atoms. The summed E-state index contributed by atoms with van der Waals surface area (Å²) < 4.78 is 3.27. The van der Waals surface area contributed by atoms with Gasteiger partial charge >= 0.3 is 92.4 Å². The van der Waals surface area contributed by atoms with Crippen molar-refractivity contribution in [3.05, 3.63) is 12.2 Å². The monoisotopic (exact) mass is 376 g/mol. The van der Waals surface area contributed by atoms with Crippen LogP contribution in [0, 0.1) is 0 Å². The van der Waals surface area contributed by atoms with Crippen molar-refractivity contribution in [2.45, 2.75) is 79.5 Å². The number of hydrogen-bond donors (Lipinski definition) is 0. The molecule has 0 aromatic rings. The van der Waals surface area contributed by atoms with Crippen LogP contribution in [0.15, 0.2) is 12.2 Å². The van der Waals surface area contributed by atoms with Gasteiger partial charge in [-0.25, -0.2) is 0 Å². The van der Waals surface area contributed by atoms with E-state index >= 15 is 0 Å². The van der Waals surface area contributed by atoms with Crippen molar-refractivity contribution in [2.75, 3.05) is 0 Å². The molecule has 0 heterocycles. The van der Waals surface area contributed by atoms with Gasteiger partial charge in [-0.15, -0.1) is 0 Å². The summed E-state index contributed by atoms with van der Waals surface area (Å²) in [6.07, 6.45) is 4.26. The third-order valence-electron chi connectivity index (χ3n) is 3.89. The van der Waals surface area contributed by atoms with Crippen LogP contribution in [-0.4, -0.2) is 25.7 Å². The Morgan fingerprint density at radius 3 is 1.32 bits per heavy atom. The zero-order valence-electron chi connectivity index (χ0n) is 13.9. The van der Waals surface area contributed by atoms with E-state index < -0.39 is 25.7 Å². The number of hydrogen-bond acceptors (Lipinski definition) is 2. The molecule has 3 atom stereocenters. The maximum atomic E-state index is 9.49. The average molecular weight is 375 g/mol. The first-order chi connectivity index (χ1) is 8.72. The quantitative estimate of drug-likeness (QED) is 0.495. The van der Waals surface area contributed by atoms with Gasteiger partial charge in [-0.3, -0.25) is 0 Å². The van der Waals surface area contributed by atoms with Crippen molar-refractivity contribution in [1.29, 1.82) is 0 Å². The van der Waals surface area contributed by atoms with Crippen molar-refractivity contribution in [3.8, 4) is 0 Å². The molecule has 0 amide bonds. The first-order valence-electron chi connectivity index (χ1n) is 7.46. The van der Waals surface area contributed by atoms with E-state index in [-0.39, 0.29) is 5.57 Å². The van der Waals surface area contributed by atoms with Crippen LogP contribution < -0.4 is 5.11 Å². The van der Waals surface area contributed by atoms with Crippen LogP contribution >= 0.6 is 0 Å². The van der Waals surface area contributed by atoms with Crippen molar-refractivity contribution < 1.29 is 9.90 Å². The van der Waals surface area contributed by atoms with Gasteiger partial charge in [-0.05, 0) is 12.5 Å². The zero-order chi connectivity index (χ0) is 15.6. The first kappa shape index (κ1) is 21.3. The third kappa shape index (κ3) is 9.53. The number of aliphatic carboxylic acids is 1. The first-order valence-corrected chi connectivity index (χ1v) is 12.4. The molecule has 0 aliphatic heterocycles. The molecule has 0 aliphatic rings. The zero-order valence-corrected chi connectivity index (χ0v) is 16.7. The Bertz CT molecular complexity index is 228. The number of carboxylic acid groups (broad SMARTS) is 1. The van der Waals surface area contributed by atoms with Crippen LogP contribution in [0.5, 0.6) is 0 Å². The van der Waals surface area contributed by atoms with Gasteiger partial charge in [0, 0.05) is 0 Å². The second-order valence-electron chi connectivity index (χ2n) is 5.50. The normalized spacial score (nSPS) is 14.7. The molecule has 0 radical (unpaired) electrons. The topological polar surface area (TPSA) is 40.1 Å². The van der Waals surface area contributed by atoms with E-state index in [0.717, 1.165) is 11.8 Å². The van der Waals surface area contributed by atoms with E-state index in [2.05, 4.69) is 48.1 Å². The Hall–Kier alpha value is 0.00870. The Morgan fingerprint density at radius 2 is 1.21 bits per heavy atom. The summed E-state index contributed by atoms with van der Waals surface area (Å²) in [6.45, 7) is 19.1. The van der Waals surface area contributed by atoms with Gasteiger partial charge in [0.1, 0.15) is 0 Å². The molecule has 19 heavy (non-hydrogen) atoms. The molecule has 0 fully saturated rings. The second kappa shape index (κ2) is 11.8.